The van der Waals surface area contributed by atoms with Crippen molar-refractivity contribution in [1.29, 1.82) is 0 Å². The van der Waals surface area contributed by atoms with E-state index in [1.165, 1.54) is 0 Å². The van der Waals surface area contributed by atoms with Crippen LogP contribution >= 0.6 is 0 Å². The first kappa shape index (κ1) is 15.9. The van der Waals surface area contributed by atoms with Crippen LogP contribution in [0.3, 0.4) is 0 Å². The van der Waals surface area contributed by atoms with E-state index in [0.29, 0.717) is 19.0 Å². The molecular weight excluding hydrogens is 272 g/mol. The number of hydrogen-bond acceptors (Lipinski definition) is 5. The predicted octanol–water partition coefficient (Wildman–Crippen LogP) is 0.403. The summed E-state index contributed by atoms with van der Waals surface area (Å²) in [6.45, 7) is 3.59. The van der Waals surface area contributed by atoms with E-state index < -0.39 is 0 Å². The first-order valence-electron chi connectivity index (χ1n) is 7.09. The number of ether oxygens (including phenoxy) is 2. The molecule has 118 valence electrons. The van der Waals surface area contributed by atoms with E-state index in [9.17, 15) is 4.79 Å². The van der Waals surface area contributed by atoms with E-state index in [1.54, 1.807) is 18.9 Å². The molecule has 0 unspecified atom stereocenters. The molecule has 1 saturated heterocycles. The van der Waals surface area contributed by atoms with Gasteiger partial charge in [-0.1, -0.05) is 0 Å². The molecule has 0 bridgehead atoms. The number of aromatic nitrogens is 2. The van der Waals surface area contributed by atoms with Gasteiger partial charge < -0.3 is 14.8 Å². The van der Waals surface area contributed by atoms with Crippen molar-refractivity contribution in [3.63, 3.8) is 0 Å². The number of aryl methyl sites for hydroxylation is 2. The second-order valence-electron chi connectivity index (χ2n) is 5.47. The zero-order chi connectivity index (χ0) is 15.4. The molecule has 2 atom stereocenters. The van der Waals surface area contributed by atoms with Crippen molar-refractivity contribution in [3.8, 4) is 0 Å². The summed E-state index contributed by atoms with van der Waals surface area (Å²) in [6.07, 6.45) is 1.06. The van der Waals surface area contributed by atoms with Crippen LogP contribution in [0.1, 0.15) is 12.1 Å². The molecule has 1 amide bonds. The molecule has 2 heterocycles. The van der Waals surface area contributed by atoms with Crippen molar-refractivity contribution in [2.75, 3.05) is 39.2 Å². The van der Waals surface area contributed by atoms with Gasteiger partial charge in [0.15, 0.2) is 0 Å². The number of carbonyl (C=O) groups is 1. The monoisotopic (exact) mass is 296 g/mol. The van der Waals surface area contributed by atoms with Crippen LogP contribution in [0.4, 0.5) is 5.82 Å². The number of nitrogens with one attached hydrogen (secondary N) is 1. The third-order valence-corrected chi connectivity index (χ3v) is 3.80. The normalized spacial score (nSPS) is 22.7. The zero-order valence-electron chi connectivity index (χ0n) is 13.1. The van der Waals surface area contributed by atoms with Crippen molar-refractivity contribution >= 4 is 11.7 Å². The standard InChI is InChI=1S/C14H24N4O3/c1-10-5-13(17(2)16-10)15-14(19)8-18-7-12(21-4)6-11(18)9-20-3/h5,11-12H,6-9H2,1-4H3,(H,15,19)/t11-,12+/m0/s1. The van der Waals surface area contributed by atoms with Gasteiger partial charge in [0.25, 0.3) is 0 Å². The molecule has 0 spiro atoms. The highest BCUT2D eigenvalue weighted by atomic mass is 16.5. The van der Waals surface area contributed by atoms with Crippen LogP contribution in [-0.2, 0) is 21.3 Å². The maximum Gasteiger partial charge on any atom is 0.239 e. The fourth-order valence-corrected chi connectivity index (χ4v) is 2.76. The van der Waals surface area contributed by atoms with Gasteiger partial charge in [-0.25, -0.2) is 0 Å². The molecule has 1 fully saturated rings. The highest BCUT2D eigenvalue weighted by Gasteiger charge is 2.33. The summed E-state index contributed by atoms with van der Waals surface area (Å²) in [6, 6.07) is 2.07. The minimum absolute atomic E-state index is 0.0455. The summed E-state index contributed by atoms with van der Waals surface area (Å²) >= 11 is 0. The second kappa shape index (κ2) is 7.02. The lowest BCUT2D eigenvalue weighted by Crippen LogP contribution is -2.39. The first-order chi connectivity index (χ1) is 10.0. The fraction of sp³-hybridized carbons (Fsp3) is 0.714. The minimum atomic E-state index is -0.0455. The third kappa shape index (κ3) is 4.03. The summed E-state index contributed by atoms with van der Waals surface area (Å²) in [5.74, 6) is 0.666. The number of hydrogen-bond donors (Lipinski definition) is 1. The second-order valence-corrected chi connectivity index (χ2v) is 5.47. The SMILES string of the molecule is COC[C@@H]1C[C@@H](OC)CN1CC(=O)Nc1cc(C)nn1C. The van der Waals surface area contributed by atoms with Gasteiger partial charge in [-0.05, 0) is 13.3 Å². The molecule has 21 heavy (non-hydrogen) atoms. The molecule has 2 rings (SSSR count). The van der Waals surface area contributed by atoms with Crippen molar-refractivity contribution in [1.82, 2.24) is 14.7 Å². The van der Waals surface area contributed by atoms with E-state index >= 15 is 0 Å². The number of carbonyl (C=O) groups excluding carboxylic acids is 1. The van der Waals surface area contributed by atoms with E-state index in [1.807, 2.05) is 20.0 Å². The third-order valence-electron chi connectivity index (χ3n) is 3.80. The molecule has 0 aliphatic carbocycles. The molecule has 0 saturated carbocycles. The number of anilines is 1. The Bertz CT molecular complexity index is 489. The summed E-state index contributed by atoms with van der Waals surface area (Å²) in [7, 11) is 5.19. The Labute approximate surface area is 125 Å². The average Bonchev–Trinajstić information content (AvgIpc) is 2.94. The number of amides is 1. The smallest absolute Gasteiger partial charge is 0.239 e. The van der Waals surface area contributed by atoms with Crippen LogP contribution in [0.25, 0.3) is 0 Å². The van der Waals surface area contributed by atoms with Crippen LogP contribution in [0.2, 0.25) is 0 Å². The highest BCUT2D eigenvalue weighted by Crippen LogP contribution is 2.20. The fourth-order valence-electron chi connectivity index (χ4n) is 2.76. The minimum Gasteiger partial charge on any atom is -0.383 e. The number of likely N-dealkylation sites (tertiary alicyclic amines) is 1. The lowest BCUT2D eigenvalue weighted by Gasteiger charge is -2.22. The van der Waals surface area contributed by atoms with Gasteiger partial charge in [0, 0.05) is 39.9 Å². The van der Waals surface area contributed by atoms with E-state index in [2.05, 4.69) is 15.3 Å². The Morgan fingerprint density at radius 2 is 2.29 bits per heavy atom. The number of rotatable bonds is 6. The molecule has 7 heteroatoms. The number of methoxy groups -OCH3 is 2. The Kier molecular flexibility index (Phi) is 5.33. The topological polar surface area (TPSA) is 68.6 Å². The highest BCUT2D eigenvalue weighted by molar-refractivity contribution is 5.91. The van der Waals surface area contributed by atoms with Crippen LogP contribution in [0, 0.1) is 6.92 Å². The summed E-state index contributed by atoms with van der Waals surface area (Å²) in [5.41, 5.74) is 0.880. The Morgan fingerprint density at radius 3 is 2.86 bits per heavy atom. The van der Waals surface area contributed by atoms with Gasteiger partial charge in [-0.3, -0.25) is 14.4 Å². The van der Waals surface area contributed by atoms with Crippen LogP contribution in [-0.4, -0.2) is 66.6 Å². The summed E-state index contributed by atoms with van der Waals surface area (Å²) in [5, 5.41) is 7.11. The lowest BCUT2D eigenvalue weighted by atomic mass is 10.2. The maximum absolute atomic E-state index is 12.2. The largest absolute Gasteiger partial charge is 0.383 e. The van der Waals surface area contributed by atoms with Crippen LogP contribution in [0.15, 0.2) is 6.07 Å². The first-order valence-corrected chi connectivity index (χ1v) is 7.09. The van der Waals surface area contributed by atoms with Crippen LogP contribution in [0.5, 0.6) is 0 Å². The quantitative estimate of drug-likeness (QED) is 0.823. The molecule has 1 aliphatic rings. The molecule has 1 aliphatic heterocycles. The van der Waals surface area contributed by atoms with Crippen molar-refractivity contribution < 1.29 is 14.3 Å². The van der Waals surface area contributed by atoms with Gasteiger partial charge in [0.2, 0.25) is 5.91 Å². The molecule has 1 aromatic rings. The van der Waals surface area contributed by atoms with Gasteiger partial charge in [0.05, 0.1) is 24.9 Å². The molecule has 1 N–H and O–H groups in total. The van der Waals surface area contributed by atoms with Crippen molar-refractivity contribution in [2.45, 2.75) is 25.5 Å². The maximum atomic E-state index is 12.2. The van der Waals surface area contributed by atoms with Crippen molar-refractivity contribution in [2.24, 2.45) is 7.05 Å². The molecule has 0 radical (unpaired) electrons. The molecular formula is C14H24N4O3. The summed E-state index contributed by atoms with van der Waals surface area (Å²) in [4.78, 5) is 14.3. The van der Waals surface area contributed by atoms with Gasteiger partial charge in [0.1, 0.15) is 5.82 Å². The van der Waals surface area contributed by atoms with Gasteiger partial charge >= 0.3 is 0 Å². The predicted molar refractivity (Wildman–Crippen MR) is 79.2 cm³/mol. The van der Waals surface area contributed by atoms with E-state index in [-0.39, 0.29) is 18.1 Å². The van der Waals surface area contributed by atoms with Crippen LogP contribution < -0.4 is 5.32 Å². The van der Waals surface area contributed by atoms with Gasteiger partial charge in [-0.15, -0.1) is 0 Å². The van der Waals surface area contributed by atoms with E-state index in [0.717, 1.165) is 18.7 Å². The Hall–Kier alpha value is -1.44. The average molecular weight is 296 g/mol. The molecule has 7 nitrogen and oxygen atoms in total. The molecule has 0 aromatic carbocycles. The van der Waals surface area contributed by atoms with Gasteiger partial charge in [-0.2, -0.15) is 5.10 Å². The van der Waals surface area contributed by atoms with Crippen molar-refractivity contribution in [3.05, 3.63) is 11.8 Å². The zero-order valence-corrected chi connectivity index (χ0v) is 13.1. The molecule has 1 aromatic heterocycles. The lowest BCUT2D eigenvalue weighted by molar-refractivity contribution is -0.117. The number of nitrogens with zero attached hydrogens (tertiary/aromatic N) is 3. The van der Waals surface area contributed by atoms with E-state index in [4.69, 9.17) is 9.47 Å². The summed E-state index contributed by atoms with van der Waals surface area (Å²) < 4.78 is 12.3. The Balaban J connectivity index is 1.93. The Morgan fingerprint density at radius 1 is 1.52 bits per heavy atom.